The van der Waals surface area contributed by atoms with Crippen LogP contribution in [0.15, 0.2) is 121 Å². The van der Waals surface area contributed by atoms with Crippen LogP contribution in [0.3, 0.4) is 0 Å². The molecule has 0 aliphatic heterocycles. The normalized spacial score (nSPS) is 13.6. The van der Waals surface area contributed by atoms with Gasteiger partial charge in [0.1, 0.15) is 34.9 Å². The van der Waals surface area contributed by atoms with Crippen LogP contribution in [0, 0.1) is 0 Å². The molecule has 4 aromatic rings. The van der Waals surface area contributed by atoms with Crippen molar-refractivity contribution in [2.45, 2.75) is 18.7 Å². The fraction of sp³-hybridized carbons (Fsp3) is 0.111. The Hall–Kier alpha value is -2.73. The van der Waals surface area contributed by atoms with Gasteiger partial charge in [0.05, 0.1) is 0 Å². The second-order valence-electron chi connectivity index (χ2n) is 7.33. The third-order valence-corrected chi connectivity index (χ3v) is 10.5. The molecule has 1 N–H and O–H groups in total. The summed E-state index contributed by atoms with van der Waals surface area (Å²) >= 11 is 0. The minimum absolute atomic E-state index is 0.0112. The van der Waals surface area contributed by atoms with E-state index in [0.29, 0.717) is 0 Å². The van der Waals surface area contributed by atoms with Gasteiger partial charge in [0.25, 0.3) is 0 Å². The van der Waals surface area contributed by atoms with E-state index in [-0.39, 0.29) is 5.66 Å². The van der Waals surface area contributed by atoms with Crippen molar-refractivity contribution in [1.82, 2.24) is 0 Å². The van der Waals surface area contributed by atoms with Crippen molar-refractivity contribution in [3.63, 3.8) is 0 Å². The molecule has 1 nitrogen and oxygen atoms in total. The van der Waals surface area contributed by atoms with Crippen LogP contribution in [0.1, 0.15) is 18.6 Å². The van der Waals surface area contributed by atoms with Gasteiger partial charge >= 0.3 is 0 Å². The topological polar surface area (TPSA) is 20.2 Å². The first kappa shape index (κ1) is 19.6. The van der Waals surface area contributed by atoms with Crippen LogP contribution in [-0.2, 0) is 0 Å². The van der Waals surface area contributed by atoms with Crippen molar-refractivity contribution in [3.05, 3.63) is 127 Å². The van der Waals surface area contributed by atoms with Crippen molar-refractivity contribution >= 4 is 23.2 Å². The average Bonchev–Trinajstić information content (AvgIpc) is 2.82. The molecular weight excluding hydrogens is 371 g/mol. The number of hydrogen-bond donors (Lipinski definition) is 1. The Labute approximate surface area is 174 Å². The van der Waals surface area contributed by atoms with Gasteiger partial charge in [-0.2, -0.15) is 0 Å². The van der Waals surface area contributed by atoms with Gasteiger partial charge in [-0.05, 0) is 48.9 Å². The van der Waals surface area contributed by atoms with Gasteiger partial charge in [0.2, 0.25) is 0 Å². The van der Waals surface area contributed by atoms with Gasteiger partial charge in [-0.15, -0.1) is 0 Å². The number of aliphatic hydroxyl groups is 1. The number of rotatable bonds is 6. The molecule has 0 fully saturated rings. The summed E-state index contributed by atoms with van der Waals surface area (Å²) in [5.74, 6) is 0. The van der Waals surface area contributed by atoms with Crippen LogP contribution in [-0.4, -0.2) is 10.8 Å². The van der Waals surface area contributed by atoms with Crippen LogP contribution in [0.25, 0.3) is 0 Å². The highest BCUT2D eigenvalue weighted by Gasteiger charge is 2.53. The van der Waals surface area contributed by atoms with Crippen molar-refractivity contribution in [1.29, 1.82) is 0 Å². The molecule has 0 aromatic heterocycles. The standard InChI is InChI=1S/C27H26OP/c1-22(27(28)23-14-6-2-7-15-23)29(24-16-8-3-9-17-24,25-18-10-4-11-19-25)26-20-12-5-13-21-26/h2-22,27-28H,1H3/q+1/t22-,27+/m1/s1. The largest absolute Gasteiger partial charge is 0.384 e. The number of aliphatic hydroxyl groups excluding tert-OH is 1. The summed E-state index contributed by atoms with van der Waals surface area (Å²) in [7, 11) is -2.12. The Morgan fingerprint density at radius 3 is 1.17 bits per heavy atom. The lowest BCUT2D eigenvalue weighted by molar-refractivity contribution is 0.177. The van der Waals surface area contributed by atoms with Crippen LogP contribution < -0.4 is 15.9 Å². The summed E-state index contributed by atoms with van der Waals surface area (Å²) < 4.78 is 0. The van der Waals surface area contributed by atoms with Gasteiger partial charge in [0, 0.05) is 0 Å². The molecular formula is C27H26OP+. The van der Waals surface area contributed by atoms with Crippen molar-refractivity contribution in [3.8, 4) is 0 Å². The van der Waals surface area contributed by atoms with E-state index in [4.69, 9.17) is 0 Å². The number of hydrogen-bond acceptors (Lipinski definition) is 1. The highest BCUT2D eigenvalue weighted by Crippen LogP contribution is 2.62. The van der Waals surface area contributed by atoms with E-state index < -0.39 is 13.4 Å². The quantitative estimate of drug-likeness (QED) is 0.449. The van der Waals surface area contributed by atoms with Crippen molar-refractivity contribution in [2.75, 3.05) is 0 Å². The molecule has 0 radical (unpaired) electrons. The van der Waals surface area contributed by atoms with Crippen molar-refractivity contribution in [2.24, 2.45) is 0 Å². The smallest absolute Gasteiger partial charge is 0.117 e. The van der Waals surface area contributed by atoms with Crippen LogP contribution in [0.4, 0.5) is 0 Å². The van der Waals surface area contributed by atoms with E-state index in [1.807, 2.05) is 30.3 Å². The maximum Gasteiger partial charge on any atom is 0.117 e. The highest BCUT2D eigenvalue weighted by atomic mass is 31.2. The molecule has 0 heterocycles. The van der Waals surface area contributed by atoms with Crippen molar-refractivity contribution < 1.29 is 5.11 Å². The monoisotopic (exact) mass is 397 g/mol. The van der Waals surface area contributed by atoms with Gasteiger partial charge in [-0.1, -0.05) is 84.9 Å². The van der Waals surface area contributed by atoms with E-state index >= 15 is 0 Å². The Kier molecular flexibility index (Phi) is 5.90. The number of benzene rings is 4. The van der Waals surface area contributed by atoms with Crippen LogP contribution in [0.2, 0.25) is 0 Å². The minimum Gasteiger partial charge on any atom is -0.384 e. The predicted octanol–water partition coefficient (Wildman–Crippen LogP) is 5.10. The lowest BCUT2D eigenvalue weighted by Gasteiger charge is -2.35. The minimum atomic E-state index is -2.12. The predicted molar refractivity (Wildman–Crippen MR) is 126 cm³/mol. The van der Waals surface area contributed by atoms with E-state index in [1.165, 1.54) is 15.9 Å². The zero-order valence-electron chi connectivity index (χ0n) is 16.6. The van der Waals surface area contributed by atoms with E-state index in [2.05, 4.69) is 97.9 Å². The van der Waals surface area contributed by atoms with Crippen LogP contribution in [0.5, 0.6) is 0 Å². The third-order valence-electron chi connectivity index (χ3n) is 5.70. The molecule has 0 amide bonds. The third kappa shape index (κ3) is 3.65. The first-order valence-electron chi connectivity index (χ1n) is 10.0. The first-order valence-corrected chi connectivity index (χ1v) is 11.9. The molecule has 0 saturated heterocycles. The zero-order chi connectivity index (χ0) is 20.1. The maximum absolute atomic E-state index is 11.5. The molecule has 2 atom stereocenters. The van der Waals surface area contributed by atoms with Gasteiger partial charge < -0.3 is 5.11 Å². The zero-order valence-corrected chi connectivity index (χ0v) is 17.5. The molecule has 0 aliphatic rings. The fourth-order valence-corrected chi connectivity index (χ4v) is 9.11. The fourth-order valence-electron chi connectivity index (χ4n) is 4.28. The molecule has 29 heavy (non-hydrogen) atoms. The Balaban J connectivity index is 2.00. The van der Waals surface area contributed by atoms with Crippen LogP contribution >= 0.6 is 7.26 Å². The summed E-state index contributed by atoms with van der Waals surface area (Å²) in [6.45, 7) is 2.21. The summed E-state index contributed by atoms with van der Waals surface area (Å²) in [5, 5.41) is 15.4. The lowest BCUT2D eigenvalue weighted by atomic mass is 10.1. The summed E-state index contributed by atoms with van der Waals surface area (Å²) in [5.41, 5.74) is 0.976. The summed E-state index contributed by atoms with van der Waals surface area (Å²) in [4.78, 5) is 0. The SMILES string of the molecule is C[C@H]([C@H](O)c1ccccc1)[P+](c1ccccc1)(c1ccccc1)c1ccccc1. The first-order chi connectivity index (χ1) is 14.2. The molecule has 0 unspecified atom stereocenters. The highest BCUT2D eigenvalue weighted by molar-refractivity contribution is 7.96. The molecule has 4 aromatic carbocycles. The molecule has 4 rings (SSSR count). The Morgan fingerprint density at radius 1 is 0.517 bits per heavy atom. The molecule has 0 aliphatic carbocycles. The summed E-state index contributed by atoms with van der Waals surface area (Å²) in [6.07, 6.45) is -0.565. The molecule has 0 saturated carbocycles. The second-order valence-corrected chi connectivity index (χ2v) is 11.1. The van der Waals surface area contributed by atoms with E-state index in [1.54, 1.807) is 0 Å². The van der Waals surface area contributed by atoms with Gasteiger partial charge in [0.15, 0.2) is 0 Å². The summed E-state index contributed by atoms with van der Waals surface area (Å²) in [6, 6.07) is 42.2. The molecule has 2 heteroatoms. The molecule has 144 valence electrons. The second kappa shape index (κ2) is 8.74. The lowest BCUT2D eigenvalue weighted by Crippen LogP contribution is -2.40. The maximum atomic E-state index is 11.5. The van der Waals surface area contributed by atoms with Gasteiger partial charge in [-0.25, -0.2) is 0 Å². The Bertz CT molecular complexity index is 920. The molecule has 0 bridgehead atoms. The van der Waals surface area contributed by atoms with E-state index in [9.17, 15) is 5.11 Å². The molecule has 0 spiro atoms. The average molecular weight is 397 g/mol. The van der Waals surface area contributed by atoms with Gasteiger partial charge in [-0.3, -0.25) is 0 Å². The Morgan fingerprint density at radius 2 is 0.828 bits per heavy atom. The van der Waals surface area contributed by atoms with E-state index in [0.717, 1.165) is 5.56 Å².